The van der Waals surface area contributed by atoms with E-state index in [2.05, 4.69) is 26.0 Å². The Morgan fingerprint density at radius 1 is 1.47 bits per heavy atom. The van der Waals surface area contributed by atoms with Gasteiger partial charge in [0.05, 0.1) is 31.2 Å². The fourth-order valence-corrected chi connectivity index (χ4v) is 2.14. The molecule has 2 N–H and O–H groups in total. The van der Waals surface area contributed by atoms with Crippen molar-refractivity contribution in [2.75, 3.05) is 20.8 Å². The molecule has 5 nitrogen and oxygen atoms in total. The van der Waals surface area contributed by atoms with Crippen LogP contribution in [0.3, 0.4) is 0 Å². The highest BCUT2D eigenvalue weighted by molar-refractivity contribution is 9.10. The molecule has 1 aromatic rings. The van der Waals surface area contributed by atoms with Crippen LogP contribution in [0.15, 0.2) is 22.7 Å². The first-order valence-corrected chi connectivity index (χ1v) is 6.64. The van der Waals surface area contributed by atoms with Crippen LogP contribution in [0.5, 0.6) is 5.75 Å². The van der Waals surface area contributed by atoms with E-state index >= 15 is 0 Å². The third kappa shape index (κ3) is 5.59. The Morgan fingerprint density at radius 3 is 2.79 bits per heavy atom. The zero-order valence-corrected chi connectivity index (χ0v) is 12.6. The first kappa shape index (κ1) is 15.9. The minimum absolute atomic E-state index is 0.00416. The summed E-state index contributed by atoms with van der Waals surface area (Å²) in [6, 6.07) is 5.74. The molecule has 0 saturated carbocycles. The molecule has 0 amide bonds. The van der Waals surface area contributed by atoms with Crippen LogP contribution in [0.25, 0.3) is 0 Å². The Balaban J connectivity index is 2.37. The lowest BCUT2D eigenvalue weighted by Gasteiger charge is -2.11. The minimum atomic E-state index is -0.742. The van der Waals surface area contributed by atoms with Crippen molar-refractivity contribution in [3.05, 3.63) is 28.2 Å². The second-order valence-corrected chi connectivity index (χ2v) is 4.89. The normalized spacial score (nSPS) is 12.0. The lowest BCUT2D eigenvalue weighted by Crippen LogP contribution is -2.28. The maximum Gasteiger partial charge on any atom is 0.308 e. The number of hydrogen-bond acceptors (Lipinski definition) is 5. The molecular formula is C13H18BrNO4. The predicted molar refractivity (Wildman–Crippen MR) is 75.0 cm³/mol. The summed E-state index contributed by atoms with van der Waals surface area (Å²) in [5.41, 5.74) is 1.05. The molecule has 0 spiro atoms. The van der Waals surface area contributed by atoms with Crippen molar-refractivity contribution in [1.29, 1.82) is 0 Å². The van der Waals surface area contributed by atoms with Gasteiger partial charge in [0.15, 0.2) is 0 Å². The van der Waals surface area contributed by atoms with Crippen LogP contribution in [-0.4, -0.2) is 37.9 Å². The second kappa shape index (κ2) is 8.14. The number of aliphatic hydroxyl groups is 1. The number of methoxy groups -OCH3 is 2. The van der Waals surface area contributed by atoms with Gasteiger partial charge in [0.1, 0.15) is 5.75 Å². The molecular weight excluding hydrogens is 314 g/mol. The maximum atomic E-state index is 10.9. The summed E-state index contributed by atoms with van der Waals surface area (Å²) in [5, 5.41) is 12.6. The summed E-state index contributed by atoms with van der Waals surface area (Å²) in [6.07, 6.45) is -0.746. The lowest BCUT2D eigenvalue weighted by molar-refractivity contribution is -0.142. The van der Waals surface area contributed by atoms with Gasteiger partial charge in [0.25, 0.3) is 0 Å². The molecule has 106 valence electrons. The zero-order valence-electron chi connectivity index (χ0n) is 11.0. The molecule has 0 aliphatic rings. The van der Waals surface area contributed by atoms with E-state index in [4.69, 9.17) is 4.74 Å². The Morgan fingerprint density at radius 2 is 2.21 bits per heavy atom. The number of benzene rings is 1. The van der Waals surface area contributed by atoms with Crippen molar-refractivity contribution in [1.82, 2.24) is 5.32 Å². The summed E-state index contributed by atoms with van der Waals surface area (Å²) in [5.74, 6) is 0.357. The molecule has 0 heterocycles. The standard InChI is InChI=1S/C13H18BrNO4/c1-18-12-4-3-9(5-11(12)14)7-15-8-10(16)6-13(17)19-2/h3-5,10,15-16H,6-8H2,1-2H3. The van der Waals surface area contributed by atoms with E-state index in [-0.39, 0.29) is 6.42 Å². The molecule has 0 saturated heterocycles. The van der Waals surface area contributed by atoms with Gasteiger partial charge in [0, 0.05) is 13.1 Å². The summed E-state index contributed by atoms with van der Waals surface area (Å²) in [7, 11) is 2.92. The number of rotatable bonds is 7. The van der Waals surface area contributed by atoms with Gasteiger partial charge in [-0.2, -0.15) is 0 Å². The smallest absolute Gasteiger partial charge is 0.308 e. The molecule has 0 bridgehead atoms. The molecule has 0 aliphatic carbocycles. The molecule has 1 aromatic carbocycles. The Kier molecular flexibility index (Phi) is 6.83. The molecule has 19 heavy (non-hydrogen) atoms. The largest absolute Gasteiger partial charge is 0.496 e. The molecule has 0 aliphatic heterocycles. The average Bonchev–Trinajstić information content (AvgIpc) is 2.38. The van der Waals surface area contributed by atoms with E-state index in [1.54, 1.807) is 7.11 Å². The fraction of sp³-hybridized carbons (Fsp3) is 0.462. The number of ether oxygens (including phenoxy) is 2. The summed E-state index contributed by atoms with van der Waals surface area (Å²) in [6.45, 7) is 0.930. The van der Waals surface area contributed by atoms with Crippen molar-refractivity contribution in [2.24, 2.45) is 0 Å². The van der Waals surface area contributed by atoms with E-state index in [1.807, 2.05) is 18.2 Å². The van der Waals surface area contributed by atoms with Gasteiger partial charge in [-0.05, 0) is 33.6 Å². The Hall–Kier alpha value is -1.11. The number of carbonyl (C=O) groups is 1. The van der Waals surface area contributed by atoms with Crippen LogP contribution in [0, 0.1) is 0 Å². The third-order valence-electron chi connectivity index (χ3n) is 2.56. The monoisotopic (exact) mass is 331 g/mol. The van der Waals surface area contributed by atoms with Gasteiger partial charge in [-0.1, -0.05) is 6.07 Å². The van der Waals surface area contributed by atoms with E-state index in [1.165, 1.54) is 7.11 Å². The van der Waals surface area contributed by atoms with Gasteiger partial charge in [-0.3, -0.25) is 4.79 Å². The SMILES string of the molecule is COC(=O)CC(O)CNCc1ccc(OC)c(Br)c1. The van der Waals surface area contributed by atoms with E-state index in [0.717, 1.165) is 15.8 Å². The van der Waals surface area contributed by atoms with Crippen LogP contribution in [0.1, 0.15) is 12.0 Å². The quantitative estimate of drug-likeness (QED) is 0.740. The molecule has 0 aromatic heterocycles. The summed E-state index contributed by atoms with van der Waals surface area (Å²) in [4.78, 5) is 10.9. The highest BCUT2D eigenvalue weighted by Gasteiger charge is 2.10. The molecule has 0 fully saturated rings. The fourth-order valence-electron chi connectivity index (χ4n) is 1.55. The van der Waals surface area contributed by atoms with Crippen molar-refractivity contribution in [3.8, 4) is 5.75 Å². The number of hydrogen-bond donors (Lipinski definition) is 2. The topological polar surface area (TPSA) is 67.8 Å². The van der Waals surface area contributed by atoms with Gasteiger partial charge >= 0.3 is 5.97 Å². The predicted octanol–water partition coefficient (Wildman–Crippen LogP) is 1.47. The van der Waals surface area contributed by atoms with Crippen LogP contribution in [0.4, 0.5) is 0 Å². The van der Waals surface area contributed by atoms with Crippen molar-refractivity contribution in [3.63, 3.8) is 0 Å². The van der Waals surface area contributed by atoms with Crippen LogP contribution in [0.2, 0.25) is 0 Å². The van der Waals surface area contributed by atoms with E-state index < -0.39 is 12.1 Å². The van der Waals surface area contributed by atoms with Crippen LogP contribution in [-0.2, 0) is 16.1 Å². The number of aliphatic hydroxyl groups excluding tert-OH is 1. The van der Waals surface area contributed by atoms with Crippen molar-refractivity contribution >= 4 is 21.9 Å². The average molecular weight is 332 g/mol. The summed E-state index contributed by atoms with van der Waals surface area (Å²) < 4.78 is 10.5. The molecule has 1 rings (SSSR count). The second-order valence-electron chi connectivity index (χ2n) is 4.03. The molecule has 0 radical (unpaired) electrons. The number of nitrogens with one attached hydrogen (secondary N) is 1. The van der Waals surface area contributed by atoms with Crippen molar-refractivity contribution in [2.45, 2.75) is 19.1 Å². The molecule has 6 heteroatoms. The number of esters is 1. The van der Waals surface area contributed by atoms with Crippen molar-refractivity contribution < 1.29 is 19.4 Å². The van der Waals surface area contributed by atoms with Crippen LogP contribution < -0.4 is 10.1 Å². The first-order valence-electron chi connectivity index (χ1n) is 5.84. The summed E-state index contributed by atoms with van der Waals surface area (Å²) >= 11 is 3.41. The highest BCUT2D eigenvalue weighted by Crippen LogP contribution is 2.25. The molecule has 1 unspecified atom stereocenters. The lowest BCUT2D eigenvalue weighted by atomic mass is 10.2. The molecule has 1 atom stereocenters. The highest BCUT2D eigenvalue weighted by atomic mass is 79.9. The van der Waals surface area contributed by atoms with Gasteiger partial charge in [-0.25, -0.2) is 0 Å². The third-order valence-corrected chi connectivity index (χ3v) is 3.17. The van der Waals surface area contributed by atoms with Crippen LogP contribution >= 0.6 is 15.9 Å². The van der Waals surface area contributed by atoms with Gasteiger partial charge in [-0.15, -0.1) is 0 Å². The van der Waals surface area contributed by atoms with Gasteiger partial charge in [0.2, 0.25) is 0 Å². The number of carbonyl (C=O) groups excluding carboxylic acids is 1. The maximum absolute atomic E-state index is 10.9. The Labute approximate surface area is 121 Å². The van der Waals surface area contributed by atoms with Gasteiger partial charge < -0.3 is 19.9 Å². The Bertz CT molecular complexity index is 425. The first-order chi connectivity index (χ1) is 9.06. The zero-order chi connectivity index (χ0) is 14.3. The van der Waals surface area contributed by atoms with E-state index in [9.17, 15) is 9.90 Å². The number of halogens is 1. The van der Waals surface area contributed by atoms with E-state index in [0.29, 0.717) is 13.1 Å². The minimum Gasteiger partial charge on any atom is -0.496 e.